The predicted molar refractivity (Wildman–Crippen MR) is 87.9 cm³/mol. The molecular weight excluding hydrogens is 260 g/mol. The summed E-state index contributed by atoms with van der Waals surface area (Å²) < 4.78 is 0. The molecule has 0 saturated carbocycles. The van der Waals surface area contributed by atoms with Gasteiger partial charge in [0.05, 0.1) is 11.2 Å². The van der Waals surface area contributed by atoms with Gasteiger partial charge in [-0.2, -0.15) is 0 Å². The fraction of sp³-hybridized carbons (Fsp3) is 0.167. The minimum absolute atomic E-state index is 0.264. The number of aryl methyl sites for hydroxylation is 1. The zero-order valence-corrected chi connectivity index (χ0v) is 12.5. The Morgan fingerprint density at radius 1 is 1.00 bits per heavy atom. The highest BCUT2D eigenvalue weighted by molar-refractivity contribution is 5.90. The summed E-state index contributed by atoms with van der Waals surface area (Å²) >= 11 is 0. The summed E-state index contributed by atoms with van der Waals surface area (Å²) in [7, 11) is 3.96. The molecule has 3 nitrogen and oxygen atoms in total. The van der Waals surface area contributed by atoms with Crippen LogP contribution in [0.2, 0.25) is 0 Å². The third-order valence-corrected chi connectivity index (χ3v) is 3.60. The van der Waals surface area contributed by atoms with E-state index in [2.05, 4.69) is 11.1 Å². The first-order valence-electron chi connectivity index (χ1n) is 6.93. The molecule has 106 valence electrons. The minimum atomic E-state index is 0.264. The molecular formula is C18H18N2O. The molecule has 0 aliphatic rings. The predicted octanol–water partition coefficient (Wildman–Crippen LogP) is 3.98. The fourth-order valence-electron chi connectivity index (χ4n) is 2.43. The van der Waals surface area contributed by atoms with Crippen LogP contribution in [0.5, 0.6) is 5.75 Å². The number of hydrogen-bond acceptors (Lipinski definition) is 3. The van der Waals surface area contributed by atoms with Crippen molar-refractivity contribution in [3.05, 3.63) is 54.1 Å². The van der Waals surface area contributed by atoms with Crippen LogP contribution in [0.3, 0.4) is 0 Å². The maximum absolute atomic E-state index is 10.3. The molecule has 0 bridgehead atoms. The summed E-state index contributed by atoms with van der Waals surface area (Å²) in [6, 6.07) is 15.8. The molecule has 0 unspecified atom stereocenters. The molecule has 21 heavy (non-hydrogen) atoms. The minimum Gasteiger partial charge on any atom is -0.507 e. The zero-order valence-electron chi connectivity index (χ0n) is 12.5. The molecule has 0 amide bonds. The molecule has 0 aliphatic heterocycles. The van der Waals surface area contributed by atoms with Crippen molar-refractivity contribution >= 4 is 16.6 Å². The molecule has 3 rings (SSSR count). The molecule has 2 aromatic carbocycles. The van der Waals surface area contributed by atoms with Gasteiger partial charge in [0, 0.05) is 36.8 Å². The summed E-state index contributed by atoms with van der Waals surface area (Å²) in [5, 5.41) is 11.1. The standard InChI is InChI=1S/C18H18N2O/c1-12-5-4-6-13(9-12)17-11-18(21)15-10-14(20(2)3)7-8-16(15)19-17/h4-11H,1-3H3,(H,19,21). The van der Waals surface area contributed by atoms with Crippen molar-refractivity contribution in [1.29, 1.82) is 0 Å². The van der Waals surface area contributed by atoms with Crippen LogP contribution in [-0.4, -0.2) is 24.2 Å². The van der Waals surface area contributed by atoms with Crippen molar-refractivity contribution in [1.82, 2.24) is 4.98 Å². The number of fused-ring (bicyclic) bond motifs is 1. The highest BCUT2D eigenvalue weighted by Crippen LogP contribution is 2.31. The second-order valence-corrected chi connectivity index (χ2v) is 5.49. The normalized spacial score (nSPS) is 10.8. The van der Waals surface area contributed by atoms with E-state index in [0.717, 1.165) is 27.8 Å². The molecule has 0 fully saturated rings. The Kier molecular flexibility index (Phi) is 3.26. The third kappa shape index (κ3) is 2.55. The van der Waals surface area contributed by atoms with Crippen LogP contribution in [0.4, 0.5) is 5.69 Å². The van der Waals surface area contributed by atoms with Gasteiger partial charge >= 0.3 is 0 Å². The van der Waals surface area contributed by atoms with E-state index >= 15 is 0 Å². The van der Waals surface area contributed by atoms with Gasteiger partial charge in [0.25, 0.3) is 0 Å². The van der Waals surface area contributed by atoms with Gasteiger partial charge in [-0.1, -0.05) is 23.8 Å². The number of hydrogen-bond donors (Lipinski definition) is 1. The smallest absolute Gasteiger partial charge is 0.127 e. The number of pyridine rings is 1. The highest BCUT2D eigenvalue weighted by Gasteiger charge is 2.08. The van der Waals surface area contributed by atoms with Gasteiger partial charge in [0.15, 0.2) is 0 Å². The molecule has 1 aromatic heterocycles. The van der Waals surface area contributed by atoms with Crippen LogP contribution in [-0.2, 0) is 0 Å². The van der Waals surface area contributed by atoms with Gasteiger partial charge in [-0.25, -0.2) is 4.98 Å². The SMILES string of the molecule is Cc1cccc(-c2cc(O)c3cc(N(C)C)ccc3n2)c1. The van der Waals surface area contributed by atoms with Crippen LogP contribution in [0, 0.1) is 6.92 Å². The maximum atomic E-state index is 10.3. The third-order valence-electron chi connectivity index (χ3n) is 3.60. The number of benzene rings is 2. The van der Waals surface area contributed by atoms with Gasteiger partial charge in [-0.05, 0) is 31.2 Å². The number of aromatic hydroxyl groups is 1. The second kappa shape index (κ2) is 5.09. The van der Waals surface area contributed by atoms with E-state index in [9.17, 15) is 5.11 Å². The number of rotatable bonds is 2. The van der Waals surface area contributed by atoms with Crippen LogP contribution >= 0.6 is 0 Å². The Hall–Kier alpha value is -2.55. The topological polar surface area (TPSA) is 36.4 Å². The largest absolute Gasteiger partial charge is 0.507 e. The van der Waals surface area contributed by atoms with E-state index < -0.39 is 0 Å². The molecule has 3 heteroatoms. The quantitative estimate of drug-likeness (QED) is 0.770. The fourth-order valence-corrected chi connectivity index (χ4v) is 2.43. The lowest BCUT2D eigenvalue weighted by Gasteiger charge is -2.14. The Morgan fingerprint density at radius 3 is 2.52 bits per heavy atom. The van der Waals surface area contributed by atoms with E-state index in [1.165, 1.54) is 5.56 Å². The van der Waals surface area contributed by atoms with Crippen molar-refractivity contribution < 1.29 is 5.11 Å². The summed E-state index contributed by atoms with van der Waals surface area (Å²) in [5.41, 5.74) is 4.84. The average Bonchev–Trinajstić information content (AvgIpc) is 2.46. The Labute approximate surface area is 124 Å². The summed E-state index contributed by atoms with van der Waals surface area (Å²) in [5.74, 6) is 0.264. The lowest BCUT2D eigenvalue weighted by molar-refractivity contribution is 0.481. The number of nitrogens with zero attached hydrogens (tertiary/aromatic N) is 2. The second-order valence-electron chi connectivity index (χ2n) is 5.49. The molecule has 0 spiro atoms. The van der Waals surface area contributed by atoms with Crippen molar-refractivity contribution in [2.75, 3.05) is 19.0 Å². The summed E-state index contributed by atoms with van der Waals surface area (Å²) in [6.07, 6.45) is 0. The molecule has 1 heterocycles. The van der Waals surface area contributed by atoms with E-state index in [-0.39, 0.29) is 5.75 Å². The van der Waals surface area contributed by atoms with Gasteiger partial charge in [-0.15, -0.1) is 0 Å². The van der Waals surface area contributed by atoms with Crippen LogP contribution < -0.4 is 4.90 Å². The van der Waals surface area contributed by atoms with Crippen molar-refractivity contribution in [3.8, 4) is 17.0 Å². The summed E-state index contributed by atoms with van der Waals surface area (Å²) in [6.45, 7) is 2.05. The Morgan fingerprint density at radius 2 is 1.81 bits per heavy atom. The summed E-state index contributed by atoms with van der Waals surface area (Å²) in [4.78, 5) is 6.68. The molecule has 0 atom stereocenters. The molecule has 1 N–H and O–H groups in total. The number of aromatic nitrogens is 1. The van der Waals surface area contributed by atoms with E-state index in [1.807, 2.05) is 62.3 Å². The Balaban J connectivity index is 2.18. The molecule has 3 aromatic rings. The zero-order chi connectivity index (χ0) is 15.0. The highest BCUT2D eigenvalue weighted by atomic mass is 16.3. The first-order chi connectivity index (χ1) is 10.0. The Bertz CT molecular complexity index is 809. The van der Waals surface area contributed by atoms with Crippen LogP contribution in [0.25, 0.3) is 22.2 Å². The van der Waals surface area contributed by atoms with Gasteiger partial charge in [0.1, 0.15) is 5.75 Å². The van der Waals surface area contributed by atoms with E-state index in [1.54, 1.807) is 6.07 Å². The van der Waals surface area contributed by atoms with Crippen LogP contribution in [0.1, 0.15) is 5.56 Å². The molecule has 0 saturated heterocycles. The van der Waals surface area contributed by atoms with Gasteiger partial charge < -0.3 is 10.0 Å². The monoisotopic (exact) mass is 278 g/mol. The van der Waals surface area contributed by atoms with Crippen LogP contribution in [0.15, 0.2) is 48.5 Å². The molecule has 0 aliphatic carbocycles. The van der Waals surface area contributed by atoms with Gasteiger partial charge in [-0.3, -0.25) is 0 Å². The first kappa shape index (κ1) is 13.4. The lowest BCUT2D eigenvalue weighted by Crippen LogP contribution is -2.08. The van der Waals surface area contributed by atoms with Crippen molar-refractivity contribution in [2.24, 2.45) is 0 Å². The van der Waals surface area contributed by atoms with E-state index in [4.69, 9.17) is 0 Å². The first-order valence-corrected chi connectivity index (χ1v) is 6.93. The maximum Gasteiger partial charge on any atom is 0.127 e. The average molecular weight is 278 g/mol. The van der Waals surface area contributed by atoms with E-state index in [0.29, 0.717) is 0 Å². The van der Waals surface area contributed by atoms with Crippen molar-refractivity contribution in [2.45, 2.75) is 6.92 Å². The lowest BCUT2D eigenvalue weighted by atomic mass is 10.1. The number of anilines is 1. The molecule has 0 radical (unpaired) electrons. The van der Waals surface area contributed by atoms with Gasteiger partial charge in [0.2, 0.25) is 0 Å². The van der Waals surface area contributed by atoms with Crippen molar-refractivity contribution in [3.63, 3.8) is 0 Å².